The Morgan fingerprint density at radius 3 is 2.85 bits per heavy atom. The number of nitrogens with one attached hydrogen (secondary N) is 1. The number of fused-ring (bicyclic) bond motifs is 1. The number of aromatic nitrogens is 3. The molecule has 0 aliphatic rings. The molecule has 3 aromatic rings. The third kappa shape index (κ3) is 4.58. The number of ether oxygens (including phenoxy) is 1. The average molecular weight is 369 g/mol. The molecule has 1 aromatic carbocycles. The number of hydrogen-bond donors (Lipinski definition) is 2. The van der Waals surface area contributed by atoms with Crippen LogP contribution in [0.4, 0.5) is 0 Å². The average Bonchev–Trinajstić information content (AvgIpc) is 2.97. The molecule has 0 fully saturated rings. The largest absolute Gasteiger partial charge is 0.491 e. The Morgan fingerprint density at radius 2 is 2.15 bits per heavy atom. The molecule has 0 unspecified atom stereocenters. The molecule has 136 valence electrons. The second kappa shape index (κ2) is 8.27. The number of benzene rings is 1. The maximum Gasteiger partial charge on any atom is 0.147 e. The van der Waals surface area contributed by atoms with Crippen molar-refractivity contribution in [2.45, 2.75) is 33.1 Å². The Hall–Kier alpha value is -2.47. The number of thiocarbonyl (C=S) groups is 1. The van der Waals surface area contributed by atoms with Crippen molar-refractivity contribution in [1.82, 2.24) is 15.2 Å². The van der Waals surface area contributed by atoms with Crippen LogP contribution in [0.15, 0.2) is 36.5 Å². The van der Waals surface area contributed by atoms with Gasteiger partial charge in [0.2, 0.25) is 0 Å². The summed E-state index contributed by atoms with van der Waals surface area (Å²) in [5.41, 5.74) is 9.72. The Bertz CT molecular complexity index is 889. The molecule has 26 heavy (non-hydrogen) atoms. The number of H-pyrrole nitrogens is 1. The minimum absolute atomic E-state index is 0.447. The van der Waals surface area contributed by atoms with Gasteiger partial charge in [0.05, 0.1) is 11.6 Å². The molecule has 6 heteroatoms. The normalized spacial score (nSPS) is 11.2. The van der Waals surface area contributed by atoms with Gasteiger partial charge in [0, 0.05) is 35.8 Å². The van der Waals surface area contributed by atoms with Crippen LogP contribution in [-0.4, -0.2) is 26.8 Å². The van der Waals surface area contributed by atoms with Gasteiger partial charge in [0.1, 0.15) is 11.3 Å². The molecule has 0 bridgehead atoms. The third-order valence-corrected chi connectivity index (χ3v) is 4.24. The minimum atomic E-state index is 0.447. The zero-order valence-corrected chi connectivity index (χ0v) is 16.0. The molecule has 3 rings (SSSR count). The number of hydrogen-bond acceptors (Lipinski definition) is 4. The van der Waals surface area contributed by atoms with Crippen molar-refractivity contribution in [3.8, 4) is 5.75 Å². The number of rotatable bonds is 8. The van der Waals surface area contributed by atoms with E-state index in [9.17, 15) is 0 Å². The topological polar surface area (TPSA) is 76.8 Å². The molecule has 0 amide bonds. The minimum Gasteiger partial charge on any atom is -0.491 e. The number of pyridine rings is 1. The molecule has 0 saturated carbocycles. The molecule has 0 spiro atoms. The molecule has 2 aromatic heterocycles. The Labute approximate surface area is 159 Å². The van der Waals surface area contributed by atoms with Crippen molar-refractivity contribution in [2.24, 2.45) is 11.7 Å². The lowest BCUT2D eigenvalue weighted by Crippen LogP contribution is -2.11. The number of aromatic amines is 1. The highest BCUT2D eigenvalue weighted by Crippen LogP contribution is 2.29. The van der Waals surface area contributed by atoms with Gasteiger partial charge in [-0.3, -0.25) is 10.1 Å². The number of nitrogens with two attached hydrogens (primary N) is 1. The lowest BCUT2D eigenvalue weighted by molar-refractivity contribution is 0.323. The van der Waals surface area contributed by atoms with E-state index in [0.29, 0.717) is 23.9 Å². The van der Waals surface area contributed by atoms with Crippen LogP contribution in [-0.2, 0) is 19.3 Å². The quantitative estimate of drug-likeness (QED) is 0.594. The fourth-order valence-electron chi connectivity index (χ4n) is 3.01. The van der Waals surface area contributed by atoms with Crippen molar-refractivity contribution in [3.05, 3.63) is 53.5 Å². The number of nitrogens with zero attached hydrogens (tertiary/aromatic N) is 2. The van der Waals surface area contributed by atoms with Crippen LogP contribution in [0, 0.1) is 5.92 Å². The van der Waals surface area contributed by atoms with E-state index in [1.54, 1.807) is 6.20 Å². The summed E-state index contributed by atoms with van der Waals surface area (Å²) in [5, 5.41) is 8.53. The van der Waals surface area contributed by atoms with Crippen molar-refractivity contribution in [2.75, 3.05) is 6.61 Å². The molecule has 2 heterocycles. The van der Waals surface area contributed by atoms with Gasteiger partial charge in [0.25, 0.3) is 0 Å². The molecule has 0 radical (unpaired) electrons. The maximum absolute atomic E-state index is 6.08. The molecule has 0 atom stereocenters. The first kappa shape index (κ1) is 18.3. The monoisotopic (exact) mass is 368 g/mol. The van der Waals surface area contributed by atoms with E-state index in [1.165, 1.54) is 5.56 Å². The first-order valence-electron chi connectivity index (χ1n) is 8.84. The predicted octanol–water partition coefficient (Wildman–Crippen LogP) is 3.61. The summed E-state index contributed by atoms with van der Waals surface area (Å²) in [4.78, 5) is 4.78. The van der Waals surface area contributed by atoms with Crippen LogP contribution in [0.2, 0.25) is 0 Å². The smallest absolute Gasteiger partial charge is 0.147 e. The molecule has 5 nitrogen and oxygen atoms in total. The highest BCUT2D eigenvalue weighted by atomic mass is 32.1. The van der Waals surface area contributed by atoms with Gasteiger partial charge in [0.15, 0.2) is 0 Å². The Kier molecular flexibility index (Phi) is 5.83. The maximum atomic E-state index is 6.08. The van der Waals surface area contributed by atoms with Crippen molar-refractivity contribution in [3.63, 3.8) is 0 Å². The summed E-state index contributed by atoms with van der Waals surface area (Å²) in [7, 11) is 0. The second-order valence-corrected chi connectivity index (χ2v) is 7.38. The predicted molar refractivity (Wildman–Crippen MR) is 109 cm³/mol. The van der Waals surface area contributed by atoms with Gasteiger partial charge in [-0.2, -0.15) is 5.10 Å². The van der Waals surface area contributed by atoms with Gasteiger partial charge in [-0.15, -0.1) is 0 Å². The van der Waals surface area contributed by atoms with Crippen LogP contribution < -0.4 is 10.5 Å². The van der Waals surface area contributed by atoms with E-state index in [4.69, 9.17) is 22.7 Å². The van der Waals surface area contributed by atoms with E-state index >= 15 is 0 Å². The van der Waals surface area contributed by atoms with Crippen molar-refractivity contribution in [1.29, 1.82) is 0 Å². The molecule has 3 N–H and O–H groups in total. The lowest BCUT2D eigenvalue weighted by atomic mass is 10.00. The zero-order chi connectivity index (χ0) is 18.5. The van der Waals surface area contributed by atoms with Gasteiger partial charge in [-0.25, -0.2) is 0 Å². The highest BCUT2D eigenvalue weighted by molar-refractivity contribution is 7.80. The highest BCUT2D eigenvalue weighted by Gasteiger charge is 2.14. The van der Waals surface area contributed by atoms with Gasteiger partial charge >= 0.3 is 0 Å². The van der Waals surface area contributed by atoms with Gasteiger partial charge < -0.3 is 10.5 Å². The fraction of sp³-hybridized carbons (Fsp3) is 0.350. The summed E-state index contributed by atoms with van der Waals surface area (Å²) < 4.78 is 6.08. The van der Waals surface area contributed by atoms with Gasteiger partial charge in [-0.1, -0.05) is 32.1 Å². The summed E-state index contributed by atoms with van der Waals surface area (Å²) >= 11 is 5.06. The Balaban J connectivity index is 1.86. The van der Waals surface area contributed by atoms with Crippen LogP contribution >= 0.6 is 12.2 Å². The van der Waals surface area contributed by atoms with Crippen LogP contribution in [0.5, 0.6) is 5.75 Å². The van der Waals surface area contributed by atoms with E-state index < -0.39 is 0 Å². The van der Waals surface area contributed by atoms with Crippen molar-refractivity contribution < 1.29 is 4.74 Å². The summed E-state index contributed by atoms with van der Waals surface area (Å²) in [5.74, 6) is 1.35. The van der Waals surface area contributed by atoms with Crippen LogP contribution in [0.1, 0.15) is 30.8 Å². The van der Waals surface area contributed by atoms with Gasteiger partial charge in [-0.05, 0) is 42.2 Å². The molecule has 0 aliphatic heterocycles. The molecular weight excluding hydrogens is 344 g/mol. The summed E-state index contributed by atoms with van der Waals surface area (Å²) in [6, 6.07) is 10.2. The molecule has 0 saturated heterocycles. The lowest BCUT2D eigenvalue weighted by Gasteiger charge is -2.11. The second-order valence-electron chi connectivity index (χ2n) is 6.85. The zero-order valence-electron chi connectivity index (χ0n) is 15.2. The van der Waals surface area contributed by atoms with E-state index in [2.05, 4.69) is 41.2 Å². The van der Waals surface area contributed by atoms with E-state index in [0.717, 1.165) is 40.9 Å². The van der Waals surface area contributed by atoms with E-state index in [-0.39, 0.29) is 0 Å². The fourth-order valence-corrected chi connectivity index (χ4v) is 3.16. The van der Waals surface area contributed by atoms with Crippen LogP contribution in [0.3, 0.4) is 0 Å². The first-order chi connectivity index (χ1) is 12.5. The molecular formula is C20H24N4OS. The SMILES string of the molecule is CC(C)Cc1cc(OCCc2ccccn2)c2n[nH]c(CC(N)=S)c2c1. The summed E-state index contributed by atoms with van der Waals surface area (Å²) in [6.45, 7) is 4.96. The van der Waals surface area contributed by atoms with E-state index in [1.807, 2.05) is 18.2 Å². The first-order valence-corrected chi connectivity index (χ1v) is 9.24. The van der Waals surface area contributed by atoms with Crippen molar-refractivity contribution >= 4 is 28.1 Å². The molecule has 0 aliphatic carbocycles. The standard InChI is InChI=1S/C20H24N4OS/c1-13(2)9-14-10-16-17(12-19(21)26)23-24-20(16)18(11-14)25-8-6-15-5-3-4-7-22-15/h3-5,7,10-11,13H,6,8-9,12H2,1-2H3,(H2,21,26)(H,23,24). The third-order valence-electron chi connectivity index (χ3n) is 4.10. The van der Waals surface area contributed by atoms with Crippen LogP contribution in [0.25, 0.3) is 10.9 Å². The Morgan fingerprint density at radius 1 is 1.31 bits per heavy atom. The summed E-state index contributed by atoms with van der Waals surface area (Å²) in [6.07, 6.45) is 4.03.